The van der Waals surface area contributed by atoms with Crippen LogP contribution in [0, 0.1) is 0 Å². The molecule has 0 radical (unpaired) electrons. The first-order valence-electron chi connectivity index (χ1n) is 5.28. The van der Waals surface area contributed by atoms with Crippen LogP contribution in [0.4, 0.5) is 0 Å². The maximum Gasteiger partial charge on any atom is 0.134 e. The Kier molecular flexibility index (Phi) is 3.77. The van der Waals surface area contributed by atoms with Crippen molar-refractivity contribution < 1.29 is 9.52 Å². The number of aliphatic hydroxyl groups excluding tert-OH is 1. The van der Waals surface area contributed by atoms with E-state index in [1.54, 1.807) is 19.1 Å². The molecule has 0 aliphatic carbocycles. The third-order valence-corrected chi connectivity index (χ3v) is 3.10. The van der Waals surface area contributed by atoms with Crippen LogP contribution in [-0.4, -0.2) is 11.2 Å². The van der Waals surface area contributed by atoms with Crippen LogP contribution in [0.3, 0.4) is 0 Å². The number of aliphatic hydroxyl groups is 1. The minimum absolute atomic E-state index is 0.414. The molecule has 0 fully saturated rings. The van der Waals surface area contributed by atoms with Crippen molar-refractivity contribution in [3.8, 4) is 11.3 Å². The van der Waals surface area contributed by atoms with Crippen molar-refractivity contribution in [2.24, 2.45) is 0 Å². The molecule has 4 heteroatoms. The van der Waals surface area contributed by atoms with Crippen molar-refractivity contribution in [3.63, 3.8) is 0 Å². The summed E-state index contributed by atoms with van der Waals surface area (Å²) in [6.45, 7) is 1.72. The van der Waals surface area contributed by atoms with Gasteiger partial charge in [-0.1, -0.05) is 23.2 Å². The molecule has 1 aromatic carbocycles. The summed E-state index contributed by atoms with van der Waals surface area (Å²) in [5.41, 5.74) is 0.872. The minimum atomic E-state index is -0.414. The van der Waals surface area contributed by atoms with Crippen molar-refractivity contribution in [2.45, 2.75) is 19.4 Å². The fraction of sp³-hybridized carbons (Fsp3) is 0.231. The Balaban J connectivity index is 2.27. The van der Waals surface area contributed by atoms with Crippen LogP contribution in [0.1, 0.15) is 12.7 Å². The van der Waals surface area contributed by atoms with E-state index in [0.717, 1.165) is 17.1 Å². The van der Waals surface area contributed by atoms with E-state index in [4.69, 9.17) is 27.6 Å². The third kappa shape index (κ3) is 3.03. The molecule has 2 rings (SSSR count). The largest absolute Gasteiger partial charge is 0.461 e. The highest BCUT2D eigenvalue weighted by Crippen LogP contribution is 2.29. The average Bonchev–Trinajstić information content (AvgIpc) is 2.69. The second-order valence-electron chi connectivity index (χ2n) is 3.95. The number of furan rings is 1. The van der Waals surface area contributed by atoms with Gasteiger partial charge in [-0.3, -0.25) is 0 Å². The predicted octanol–water partition coefficient (Wildman–Crippen LogP) is 4.18. The summed E-state index contributed by atoms with van der Waals surface area (Å²) >= 11 is 11.8. The first-order valence-corrected chi connectivity index (χ1v) is 6.04. The summed E-state index contributed by atoms with van der Waals surface area (Å²) in [5.74, 6) is 1.47. The molecular weight excluding hydrogens is 259 g/mol. The van der Waals surface area contributed by atoms with Crippen LogP contribution >= 0.6 is 23.2 Å². The van der Waals surface area contributed by atoms with E-state index in [1.165, 1.54) is 0 Å². The van der Waals surface area contributed by atoms with Crippen LogP contribution in [0.15, 0.2) is 34.7 Å². The molecule has 1 aromatic heterocycles. The SMILES string of the molecule is CC(O)Cc1ccc(-c2ccc(Cl)c(Cl)c2)o1. The van der Waals surface area contributed by atoms with Gasteiger partial charge in [0.05, 0.1) is 16.1 Å². The summed E-state index contributed by atoms with van der Waals surface area (Å²) < 4.78 is 5.61. The molecule has 0 aliphatic rings. The van der Waals surface area contributed by atoms with E-state index < -0.39 is 6.10 Å². The first-order chi connectivity index (χ1) is 8.06. The zero-order valence-electron chi connectivity index (χ0n) is 9.28. The highest BCUT2D eigenvalue weighted by molar-refractivity contribution is 6.42. The zero-order chi connectivity index (χ0) is 12.4. The second kappa shape index (κ2) is 5.13. The van der Waals surface area contributed by atoms with E-state index >= 15 is 0 Å². The van der Waals surface area contributed by atoms with Crippen molar-refractivity contribution in [1.29, 1.82) is 0 Å². The lowest BCUT2D eigenvalue weighted by Crippen LogP contribution is -2.02. The molecule has 1 unspecified atom stereocenters. The van der Waals surface area contributed by atoms with Crippen molar-refractivity contribution in [3.05, 3.63) is 46.1 Å². The van der Waals surface area contributed by atoms with Crippen molar-refractivity contribution in [2.75, 3.05) is 0 Å². The zero-order valence-corrected chi connectivity index (χ0v) is 10.8. The van der Waals surface area contributed by atoms with E-state index in [0.29, 0.717) is 16.5 Å². The molecule has 2 nitrogen and oxygen atoms in total. The molecule has 0 spiro atoms. The highest BCUT2D eigenvalue weighted by atomic mass is 35.5. The van der Waals surface area contributed by atoms with Gasteiger partial charge in [-0.25, -0.2) is 0 Å². The van der Waals surface area contributed by atoms with E-state index in [2.05, 4.69) is 0 Å². The van der Waals surface area contributed by atoms with Crippen molar-refractivity contribution in [1.82, 2.24) is 0 Å². The molecule has 0 bridgehead atoms. The fourth-order valence-corrected chi connectivity index (χ4v) is 1.88. The molecule has 0 amide bonds. The lowest BCUT2D eigenvalue weighted by Gasteiger charge is -2.01. The second-order valence-corrected chi connectivity index (χ2v) is 4.76. The first kappa shape index (κ1) is 12.5. The Morgan fingerprint density at radius 1 is 1.18 bits per heavy atom. The number of hydrogen-bond donors (Lipinski definition) is 1. The van der Waals surface area contributed by atoms with Gasteiger partial charge in [0.2, 0.25) is 0 Å². The van der Waals surface area contributed by atoms with E-state index in [1.807, 2.05) is 18.2 Å². The molecule has 90 valence electrons. The molecule has 1 heterocycles. The number of rotatable bonds is 3. The molecular formula is C13H12Cl2O2. The van der Waals surface area contributed by atoms with Crippen molar-refractivity contribution >= 4 is 23.2 Å². The third-order valence-electron chi connectivity index (χ3n) is 2.36. The van der Waals surface area contributed by atoms with Crippen LogP contribution < -0.4 is 0 Å². The van der Waals surface area contributed by atoms with Gasteiger partial charge in [-0.2, -0.15) is 0 Å². The van der Waals surface area contributed by atoms with Gasteiger partial charge in [0.25, 0.3) is 0 Å². The van der Waals surface area contributed by atoms with Gasteiger partial charge in [-0.15, -0.1) is 0 Å². The number of halogens is 2. The Labute approximate surface area is 110 Å². The van der Waals surface area contributed by atoms with Crippen LogP contribution in [0.5, 0.6) is 0 Å². The Morgan fingerprint density at radius 3 is 2.59 bits per heavy atom. The van der Waals surface area contributed by atoms with Gasteiger partial charge in [0, 0.05) is 12.0 Å². The summed E-state index contributed by atoms with van der Waals surface area (Å²) in [7, 11) is 0. The fourth-order valence-electron chi connectivity index (χ4n) is 1.58. The van der Waals surface area contributed by atoms with Crippen LogP contribution in [0.25, 0.3) is 11.3 Å². The molecule has 1 atom stereocenters. The van der Waals surface area contributed by atoms with Gasteiger partial charge >= 0.3 is 0 Å². The Bertz CT molecular complexity index is 518. The number of benzene rings is 1. The highest BCUT2D eigenvalue weighted by Gasteiger charge is 2.08. The normalized spacial score (nSPS) is 12.7. The maximum atomic E-state index is 9.27. The molecule has 2 aromatic rings. The van der Waals surface area contributed by atoms with Gasteiger partial charge in [-0.05, 0) is 37.3 Å². The van der Waals surface area contributed by atoms with Crippen LogP contribution in [0.2, 0.25) is 10.0 Å². The topological polar surface area (TPSA) is 33.4 Å². The van der Waals surface area contributed by atoms with Gasteiger partial charge in [0.15, 0.2) is 0 Å². The summed E-state index contributed by atoms with van der Waals surface area (Å²) in [6.07, 6.45) is 0.0872. The molecule has 0 saturated heterocycles. The lowest BCUT2D eigenvalue weighted by atomic mass is 10.2. The summed E-state index contributed by atoms with van der Waals surface area (Å²) in [5, 5.41) is 10.3. The van der Waals surface area contributed by atoms with Gasteiger partial charge in [0.1, 0.15) is 11.5 Å². The molecule has 1 N–H and O–H groups in total. The summed E-state index contributed by atoms with van der Waals surface area (Å²) in [6, 6.07) is 9.05. The molecule has 17 heavy (non-hydrogen) atoms. The minimum Gasteiger partial charge on any atom is -0.461 e. The monoisotopic (exact) mass is 270 g/mol. The van der Waals surface area contributed by atoms with Crippen LogP contribution in [-0.2, 0) is 6.42 Å². The standard InChI is InChI=1S/C13H12Cl2O2/c1-8(16)6-10-3-5-13(17-10)9-2-4-11(14)12(15)7-9/h2-5,7-8,16H,6H2,1H3. The molecule has 0 aliphatic heterocycles. The van der Waals surface area contributed by atoms with E-state index in [9.17, 15) is 5.11 Å². The average molecular weight is 271 g/mol. The predicted molar refractivity (Wildman–Crippen MR) is 69.5 cm³/mol. The molecule has 0 saturated carbocycles. The lowest BCUT2D eigenvalue weighted by molar-refractivity contribution is 0.187. The quantitative estimate of drug-likeness (QED) is 0.908. The van der Waals surface area contributed by atoms with E-state index in [-0.39, 0.29) is 0 Å². The Morgan fingerprint density at radius 2 is 1.94 bits per heavy atom. The summed E-state index contributed by atoms with van der Waals surface area (Å²) in [4.78, 5) is 0. The smallest absolute Gasteiger partial charge is 0.134 e. The van der Waals surface area contributed by atoms with Gasteiger partial charge < -0.3 is 9.52 Å². The Hall–Kier alpha value is -0.960. The maximum absolute atomic E-state index is 9.27. The number of hydrogen-bond acceptors (Lipinski definition) is 2.